The maximum atomic E-state index is 8.84. The minimum absolute atomic E-state index is 0.172. The quantitative estimate of drug-likeness (QED) is 0.549. The molecule has 0 rings (SSSR count). The van der Waals surface area contributed by atoms with Crippen molar-refractivity contribution in [1.29, 1.82) is 0 Å². The Balaban J connectivity index is 0. The van der Waals surface area contributed by atoms with E-state index in [2.05, 4.69) is 0 Å². The number of aliphatic hydroxyl groups excluding tert-OH is 4. The summed E-state index contributed by atoms with van der Waals surface area (Å²) in [5.41, 5.74) is 0. The van der Waals surface area contributed by atoms with Gasteiger partial charge in [-0.05, 0) is 38.5 Å². The van der Waals surface area contributed by atoms with Gasteiger partial charge in [-0.3, -0.25) is 0 Å². The lowest BCUT2D eigenvalue weighted by Crippen LogP contribution is -2.13. The van der Waals surface area contributed by atoms with Crippen molar-refractivity contribution in [3.05, 3.63) is 0 Å². The number of aliphatic hydroxyl groups is 4. The van der Waals surface area contributed by atoms with Gasteiger partial charge < -0.3 is 20.4 Å². The molecule has 16 heavy (non-hydrogen) atoms. The van der Waals surface area contributed by atoms with Gasteiger partial charge in [0.25, 0.3) is 0 Å². The molecule has 0 aromatic carbocycles. The van der Waals surface area contributed by atoms with E-state index in [4.69, 9.17) is 20.4 Å². The molecule has 0 aliphatic rings. The topological polar surface area (TPSA) is 80.9 Å². The Morgan fingerprint density at radius 1 is 0.938 bits per heavy atom. The normalized spacial score (nSPS) is 18.0. The number of hydrogen-bond acceptors (Lipinski definition) is 4. The minimum Gasteiger partial charge on any atom is -0.396 e. The second-order valence-electron chi connectivity index (χ2n) is 4.60. The van der Waals surface area contributed by atoms with Crippen LogP contribution in [0.4, 0.5) is 0 Å². The van der Waals surface area contributed by atoms with Gasteiger partial charge in [0, 0.05) is 13.2 Å². The first kappa shape index (κ1) is 18.2. The average Bonchev–Trinajstić information content (AvgIpc) is 2.18. The molecule has 4 unspecified atom stereocenters. The van der Waals surface area contributed by atoms with Crippen molar-refractivity contribution in [1.82, 2.24) is 0 Å². The summed E-state index contributed by atoms with van der Waals surface area (Å²) in [5.74, 6) is 0.454. The predicted octanol–water partition coefficient (Wildman–Crippen LogP) is 0.771. The van der Waals surface area contributed by atoms with Crippen LogP contribution >= 0.6 is 0 Å². The van der Waals surface area contributed by atoms with Gasteiger partial charge >= 0.3 is 0 Å². The summed E-state index contributed by atoms with van der Waals surface area (Å²) in [4.78, 5) is 0. The molecule has 100 valence electrons. The van der Waals surface area contributed by atoms with E-state index in [0.717, 1.165) is 0 Å². The molecule has 0 amide bonds. The van der Waals surface area contributed by atoms with Crippen LogP contribution in [0.3, 0.4) is 0 Å². The SMILES string of the molecule is CC(O)C(C)CCO.CC(O)CC(C)CO. The lowest BCUT2D eigenvalue weighted by molar-refractivity contribution is 0.115. The first-order valence-electron chi connectivity index (χ1n) is 5.92. The van der Waals surface area contributed by atoms with Crippen LogP contribution in [0.25, 0.3) is 0 Å². The highest BCUT2D eigenvalue weighted by Crippen LogP contribution is 2.05. The van der Waals surface area contributed by atoms with Crippen LogP contribution in [0.2, 0.25) is 0 Å². The molecule has 0 saturated heterocycles. The van der Waals surface area contributed by atoms with Crippen LogP contribution in [0.5, 0.6) is 0 Å². The summed E-state index contributed by atoms with van der Waals surface area (Å²) in [6.07, 6.45) is 0.813. The van der Waals surface area contributed by atoms with Crippen molar-refractivity contribution >= 4 is 0 Å². The van der Waals surface area contributed by atoms with Gasteiger partial charge in [-0.2, -0.15) is 0 Å². The Labute approximate surface area is 98.9 Å². The zero-order valence-electron chi connectivity index (χ0n) is 10.9. The molecule has 0 aliphatic heterocycles. The van der Waals surface area contributed by atoms with Gasteiger partial charge in [0.15, 0.2) is 0 Å². The summed E-state index contributed by atoms with van der Waals surface area (Å²) < 4.78 is 0. The molecular weight excluding hydrogens is 208 g/mol. The van der Waals surface area contributed by atoms with Crippen LogP contribution in [0.1, 0.15) is 40.5 Å². The van der Waals surface area contributed by atoms with Crippen molar-refractivity contribution in [3.63, 3.8) is 0 Å². The summed E-state index contributed by atoms with van der Waals surface area (Å²) in [5, 5.41) is 34.4. The molecule has 0 heterocycles. The zero-order chi connectivity index (χ0) is 13.1. The Kier molecular flexibility index (Phi) is 12.9. The smallest absolute Gasteiger partial charge is 0.0538 e. The van der Waals surface area contributed by atoms with Crippen LogP contribution in [0, 0.1) is 11.8 Å². The summed E-state index contributed by atoms with van der Waals surface area (Å²) in [7, 11) is 0. The van der Waals surface area contributed by atoms with E-state index >= 15 is 0 Å². The summed E-state index contributed by atoms with van der Waals surface area (Å²) >= 11 is 0. The van der Waals surface area contributed by atoms with Crippen molar-refractivity contribution < 1.29 is 20.4 Å². The third kappa shape index (κ3) is 13.8. The van der Waals surface area contributed by atoms with Gasteiger partial charge in [-0.15, -0.1) is 0 Å². The molecule has 4 N–H and O–H groups in total. The molecule has 0 fully saturated rings. The van der Waals surface area contributed by atoms with Crippen molar-refractivity contribution in [2.24, 2.45) is 11.8 Å². The van der Waals surface area contributed by atoms with Crippen LogP contribution in [-0.2, 0) is 0 Å². The fraction of sp³-hybridized carbons (Fsp3) is 1.00. The molecule has 0 bridgehead atoms. The Bertz CT molecular complexity index is 137. The first-order valence-corrected chi connectivity index (χ1v) is 5.92. The predicted molar refractivity (Wildman–Crippen MR) is 65.1 cm³/mol. The van der Waals surface area contributed by atoms with Gasteiger partial charge in [-0.1, -0.05) is 13.8 Å². The lowest BCUT2D eigenvalue weighted by Gasteiger charge is -2.11. The second kappa shape index (κ2) is 11.3. The number of hydrogen-bond donors (Lipinski definition) is 4. The molecule has 0 aromatic rings. The van der Waals surface area contributed by atoms with Crippen molar-refractivity contribution in [2.75, 3.05) is 13.2 Å². The van der Waals surface area contributed by atoms with E-state index in [9.17, 15) is 0 Å². The fourth-order valence-corrected chi connectivity index (χ4v) is 1.10. The van der Waals surface area contributed by atoms with Gasteiger partial charge in [0.1, 0.15) is 0 Å². The van der Waals surface area contributed by atoms with E-state index in [1.54, 1.807) is 13.8 Å². The highest BCUT2D eigenvalue weighted by atomic mass is 16.3. The molecule has 0 spiro atoms. The molecule has 4 heteroatoms. The van der Waals surface area contributed by atoms with Gasteiger partial charge in [0.2, 0.25) is 0 Å². The minimum atomic E-state index is -0.290. The summed E-state index contributed by atoms with van der Waals surface area (Å²) in [6, 6.07) is 0. The Hall–Kier alpha value is -0.160. The standard InChI is InChI=1S/2C6H14O2/c1-5(4-7)3-6(2)8;1-5(3-4-7)6(2)8/h2*5-8H,3-4H2,1-2H3. The van der Waals surface area contributed by atoms with Crippen molar-refractivity contribution in [2.45, 2.75) is 52.7 Å². The monoisotopic (exact) mass is 236 g/mol. The zero-order valence-corrected chi connectivity index (χ0v) is 10.9. The van der Waals surface area contributed by atoms with E-state index in [0.29, 0.717) is 12.8 Å². The highest BCUT2D eigenvalue weighted by Gasteiger charge is 2.05. The third-order valence-electron chi connectivity index (χ3n) is 2.46. The fourth-order valence-electron chi connectivity index (χ4n) is 1.10. The molecule has 0 aromatic heterocycles. The van der Waals surface area contributed by atoms with Gasteiger partial charge in [-0.25, -0.2) is 0 Å². The summed E-state index contributed by atoms with van der Waals surface area (Å²) in [6.45, 7) is 7.64. The molecule has 4 atom stereocenters. The maximum absolute atomic E-state index is 8.84. The largest absolute Gasteiger partial charge is 0.396 e. The van der Waals surface area contributed by atoms with Gasteiger partial charge in [0.05, 0.1) is 12.2 Å². The van der Waals surface area contributed by atoms with E-state index < -0.39 is 0 Å². The van der Waals surface area contributed by atoms with Crippen molar-refractivity contribution in [3.8, 4) is 0 Å². The number of rotatable bonds is 6. The van der Waals surface area contributed by atoms with Crippen LogP contribution in [0.15, 0.2) is 0 Å². The Morgan fingerprint density at radius 2 is 1.44 bits per heavy atom. The maximum Gasteiger partial charge on any atom is 0.0538 e. The van der Waals surface area contributed by atoms with E-state index in [-0.39, 0.29) is 37.3 Å². The third-order valence-corrected chi connectivity index (χ3v) is 2.46. The second-order valence-corrected chi connectivity index (χ2v) is 4.60. The van der Waals surface area contributed by atoms with E-state index in [1.807, 2.05) is 13.8 Å². The van der Waals surface area contributed by atoms with E-state index in [1.165, 1.54) is 0 Å². The highest BCUT2D eigenvalue weighted by molar-refractivity contribution is 4.56. The molecular formula is C12H28O4. The lowest BCUT2D eigenvalue weighted by atomic mass is 10.0. The molecule has 0 aliphatic carbocycles. The molecule has 4 nitrogen and oxygen atoms in total. The average molecular weight is 236 g/mol. The van der Waals surface area contributed by atoms with Crippen LogP contribution < -0.4 is 0 Å². The molecule has 0 saturated carbocycles. The first-order chi connectivity index (χ1) is 7.34. The Morgan fingerprint density at radius 3 is 1.56 bits per heavy atom. The molecule has 0 radical (unpaired) electrons. The van der Waals surface area contributed by atoms with Crippen LogP contribution in [-0.4, -0.2) is 45.8 Å².